The Morgan fingerprint density at radius 1 is 1.37 bits per heavy atom. The minimum absolute atomic E-state index is 0.398. The number of hydrogen-bond donors (Lipinski definition) is 1. The van der Waals surface area contributed by atoms with Gasteiger partial charge in [-0.25, -0.2) is 0 Å². The largest absolute Gasteiger partial charge is 0.307 e. The van der Waals surface area contributed by atoms with E-state index in [2.05, 4.69) is 48.1 Å². The van der Waals surface area contributed by atoms with Crippen molar-refractivity contribution in [3.63, 3.8) is 0 Å². The van der Waals surface area contributed by atoms with Crippen LogP contribution in [-0.4, -0.2) is 35.6 Å². The fraction of sp³-hybridized carbons (Fsp3) is 0.688. The summed E-state index contributed by atoms with van der Waals surface area (Å²) in [5, 5.41) is 3.76. The minimum Gasteiger partial charge on any atom is -0.307 e. The van der Waals surface area contributed by atoms with Crippen LogP contribution in [0, 0.1) is 5.92 Å². The maximum atomic E-state index is 4.08. The first kappa shape index (κ1) is 14.5. The molecule has 0 aromatic carbocycles. The number of piperidine rings is 1. The highest BCUT2D eigenvalue weighted by Crippen LogP contribution is 2.21. The van der Waals surface area contributed by atoms with Crippen LogP contribution in [0.2, 0.25) is 0 Å². The molecule has 3 heteroatoms. The third-order valence-corrected chi connectivity index (χ3v) is 4.42. The van der Waals surface area contributed by atoms with Crippen molar-refractivity contribution in [1.82, 2.24) is 15.2 Å². The Kier molecular flexibility index (Phi) is 5.34. The van der Waals surface area contributed by atoms with E-state index >= 15 is 0 Å². The molecule has 0 saturated carbocycles. The molecule has 1 aromatic rings. The predicted molar refractivity (Wildman–Crippen MR) is 80.1 cm³/mol. The van der Waals surface area contributed by atoms with E-state index in [9.17, 15) is 0 Å². The maximum absolute atomic E-state index is 4.08. The second-order valence-electron chi connectivity index (χ2n) is 5.75. The smallest absolute Gasteiger partial charge is 0.0295 e. The highest BCUT2D eigenvalue weighted by atomic mass is 15.1. The lowest BCUT2D eigenvalue weighted by atomic mass is 9.91. The number of nitrogens with one attached hydrogen (secondary N) is 1. The molecule has 0 amide bonds. The molecule has 3 nitrogen and oxygen atoms in total. The molecule has 3 atom stereocenters. The van der Waals surface area contributed by atoms with Gasteiger partial charge < -0.3 is 10.2 Å². The van der Waals surface area contributed by atoms with Crippen molar-refractivity contribution >= 4 is 0 Å². The van der Waals surface area contributed by atoms with E-state index in [-0.39, 0.29) is 0 Å². The first-order valence-corrected chi connectivity index (χ1v) is 7.59. The van der Waals surface area contributed by atoms with Crippen LogP contribution in [0.4, 0.5) is 0 Å². The Hall–Kier alpha value is -0.930. The summed E-state index contributed by atoms with van der Waals surface area (Å²) in [6.45, 7) is 10.5. The second-order valence-corrected chi connectivity index (χ2v) is 5.75. The molecule has 1 aromatic heterocycles. The van der Waals surface area contributed by atoms with Gasteiger partial charge in [0.1, 0.15) is 0 Å². The molecule has 1 aliphatic rings. The van der Waals surface area contributed by atoms with Crippen molar-refractivity contribution < 1.29 is 0 Å². The summed E-state index contributed by atoms with van der Waals surface area (Å²) in [7, 11) is 0. The average molecular weight is 261 g/mol. The van der Waals surface area contributed by atoms with Gasteiger partial charge in [-0.05, 0) is 63.4 Å². The zero-order valence-corrected chi connectivity index (χ0v) is 12.5. The number of nitrogens with zero attached hydrogens (tertiary/aromatic N) is 2. The Morgan fingerprint density at radius 2 is 2.11 bits per heavy atom. The van der Waals surface area contributed by atoms with E-state index in [0.717, 1.165) is 5.92 Å². The fourth-order valence-corrected chi connectivity index (χ4v) is 3.07. The van der Waals surface area contributed by atoms with Gasteiger partial charge in [0, 0.05) is 31.0 Å². The first-order chi connectivity index (χ1) is 9.20. The topological polar surface area (TPSA) is 28.2 Å². The molecule has 1 fully saturated rings. The maximum Gasteiger partial charge on any atom is 0.0295 e. The molecular weight excluding hydrogens is 234 g/mol. The van der Waals surface area contributed by atoms with E-state index in [4.69, 9.17) is 0 Å². The normalized spacial score (nSPS) is 24.1. The van der Waals surface area contributed by atoms with Gasteiger partial charge >= 0.3 is 0 Å². The number of likely N-dealkylation sites (tertiary alicyclic amines) is 1. The molecule has 0 bridgehead atoms. The van der Waals surface area contributed by atoms with E-state index in [0.29, 0.717) is 12.1 Å². The summed E-state index contributed by atoms with van der Waals surface area (Å²) in [5.41, 5.74) is 1.32. The highest BCUT2D eigenvalue weighted by molar-refractivity contribution is 5.14. The Balaban J connectivity index is 1.88. The molecule has 0 radical (unpaired) electrons. The van der Waals surface area contributed by atoms with Gasteiger partial charge in [0.25, 0.3) is 0 Å². The van der Waals surface area contributed by atoms with E-state index in [1.54, 1.807) is 0 Å². The van der Waals surface area contributed by atoms with E-state index in [1.807, 2.05) is 12.4 Å². The predicted octanol–water partition coefficient (Wildman–Crippen LogP) is 2.85. The summed E-state index contributed by atoms with van der Waals surface area (Å²) in [6, 6.07) is 5.17. The standard InChI is InChI=1S/C16H27N3/c1-4-19-11-5-6-16(12-19)14(3)18-13(2)15-7-9-17-10-8-15/h7-10,13-14,16,18H,4-6,11-12H2,1-3H3/t13-,14?,16?/m0/s1. The number of aromatic nitrogens is 1. The van der Waals surface area contributed by atoms with Crippen molar-refractivity contribution in [2.45, 2.75) is 45.7 Å². The minimum atomic E-state index is 0.398. The molecule has 1 aliphatic heterocycles. The molecule has 2 heterocycles. The SMILES string of the molecule is CCN1CCCC(C(C)N[C@@H](C)c2ccncc2)C1. The van der Waals surface area contributed by atoms with Gasteiger partial charge in [-0.1, -0.05) is 6.92 Å². The summed E-state index contributed by atoms with van der Waals surface area (Å²) >= 11 is 0. The lowest BCUT2D eigenvalue weighted by Crippen LogP contribution is -2.44. The third-order valence-electron chi connectivity index (χ3n) is 4.42. The van der Waals surface area contributed by atoms with Gasteiger partial charge in [-0.2, -0.15) is 0 Å². The number of rotatable bonds is 5. The lowest BCUT2D eigenvalue weighted by molar-refractivity contribution is 0.153. The van der Waals surface area contributed by atoms with Gasteiger partial charge in [0.2, 0.25) is 0 Å². The van der Waals surface area contributed by atoms with Crippen LogP contribution in [0.3, 0.4) is 0 Å². The average Bonchev–Trinajstić information content (AvgIpc) is 2.48. The molecule has 1 N–H and O–H groups in total. The van der Waals surface area contributed by atoms with Crippen LogP contribution < -0.4 is 5.32 Å². The Bertz CT molecular complexity index is 366. The zero-order chi connectivity index (χ0) is 13.7. The second kappa shape index (κ2) is 7.01. The lowest BCUT2D eigenvalue weighted by Gasteiger charge is -2.36. The summed E-state index contributed by atoms with van der Waals surface area (Å²) < 4.78 is 0. The first-order valence-electron chi connectivity index (χ1n) is 7.59. The van der Waals surface area contributed by atoms with Crippen molar-refractivity contribution in [2.24, 2.45) is 5.92 Å². The van der Waals surface area contributed by atoms with Crippen LogP contribution in [0.15, 0.2) is 24.5 Å². The Morgan fingerprint density at radius 3 is 2.79 bits per heavy atom. The fourth-order valence-electron chi connectivity index (χ4n) is 3.07. The molecule has 19 heavy (non-hydrogen) atoms. The van der Waals surface area contributed by atoms with Crippen molar-refractivity contribution in [1.29, 1.82) is 0 Å². The van der Waals surface area contributed by atoms with Gasteiger partial charge in [0.05, 0.1) is 0 Å². The van der Waals surface area contributed by atoms with Crippen LogP contribution in [0.1, 0.15) is 45.2 Å². The van der Waals surface area contributed by atoms with Crippen LogP contribution >= 0.6 is 0 Å². The van der Waals surface area contributed by atoms with Crippen LogP contribution in [0.25, 0.3) is 0 Å². The third kappa shape index (κ3) is 4.02. The van der Waals surface area contributed by atoms with Crippen molar-refractivity contribution in [2.75, 3.05) is 19.6 Å². The summed E-state index contributed by atoms with van der Waals surface area (Å²) in [4.78, 5) is 6.66. The summed E-state index contributed by atoms with van der Waals surface area (Å²) in [6.07, 6.45) is 6.44. The van der Waals surface area contributed by atoms with Gasteiger partial charge in [-0.15, -0.1) is 0 Å². The monoisotopic (exact) mass is 261 g/mol. The summed E-state index contributed by atoms with van der Waals surface area (Å²) in [5.74, 6) is 0.776. The molecule has 1 saturated heterocycles. The molecule has 2 rings (SSSR count). The van der Waals surface area contributed by atoms with E-state index < -0.39 is 0 Å². The molecule has 0 spiro atoms. The van der Waals surface area contributed by atoms with Gasteiger partial charge in [0.15, 0.2) is 0 Å². The van der Waals surface area contributed by atoms with Gasteiger partial charge in [-0.3, -0.25) is 4.98 Å². The molecule has 106 valence electrons. The van der Waals surface area contributed by atoms with Crippen LogP contribution in [-0.2, 0) is 0 Å². The number of pyridine rings is 1. The molecular formula is C16H27N3. The number of hydrogen-bond acceptors (Lipinski definition) is 3. The Labute approximate surface area is 117 Å². The van der Waals surface area contributed by atoms with Crippen molar-refractivity contribution in [3.05, 3.63) is 30.1 Å². The van der Waals surface area contributed by atoms with Crippen molar-refractivity contribution in [3.8, 4) is 0 Å². The van der Waals surface area contributed by atoms with E-state index in [1.165, 1.54) is 38.0 Å². The molecule has 0 aliphatic carbocycles. The highest BCUT2D eigenvalue weighted by Gasteiger charge is 2.24. The quantitative estimate of drug-likeness (QED) is 0.883. The zero-order valence-electron chi connectivity index (χ0n) is 12.5. The molecule has 2 unspecified atom stereocenters. The van der Waals surface area contributed by atoms with Crippen LogP contribution in [0.5, 0.6) is 0 Å².